The lowest BCUT2D eigenvalue weighted by Gasteiger charge is -2.43. The monoisotopic (exact) mass is 254 g/mol. The standard InChI is InChI=1S/C15H26O3/c1-15(2,3)18-14(17)13-11-7-5-4-6-10(11)8-9-12(13)16/h10-13,16H,4-9H2,1-3H3. The summed E-state index contributed by atoms with van der Waals surface area (Å²) < 4.78 is 5.50. The van der Waals surface area contributed by atoms with Gasteiger partial charge in [-0.15, -0.1) is 0 Å². The third-order valence-electron chi connectivity index (χ3n) is 4.36. The molecule has 1 N–H and O–H groups in total. The van der Waals surface area contributed by atoms with Gasteiger partial charge >= 0.3 is 5.97 Å². The van der Waals surface area contributed by atoms with Crippen molar-refractivity contribution in [2.24, 2.45) is 17.8 Å². The Balaban J connectivity index is 2.09. The van der Waals surface area contributed by atoms with Gasteiger partial charge in [-0.25, -0.2) is 0 Å². The highest BCUT2D eigenvalue weighted by Crippen LogP contribution is 2.44. The van der Waals surface area contributed by atoms with Crippen molar-refractivity contribution >= 4 is 5.97 Å². The van der Waals surface area contributed by atoms with Crippen LogP contribution in [0.15, 0.2) is 0 Å². The Hall–Kier alpha value is -0.570. The van der Waals surface area contributed by atoms with E-state index in [1.807, 2.05) is 20.8 Å². The molecule has 0 bridgehead atoms. The summed E-state index contributed by atoms with van der Waals surface area (Å²) >= 11 is 0. The maximum atomic E-state index is 12.3. The van der Waals surface area contributed by atoms with Crippen LogP contribution in [-0.4, -0.2) is 22.8 Å². The number of aliphatic hydroxyl groups excluding tert-OH is 1. The molecular formula is C15H26O3. The van der Waals surface area contributed by atoms with Gasteiger partial charge in [0.1, 0.15) is 5.60 Å². The first kappa shape index (κ1) is 13.9. The molecule has 0 aliphatic heterocycles. The van der Waals surface area contributed by atoms with Crippen molar-refractivity contribution in [2.45, 2.75) is 71.0 Å². The van der Waals surface area contributed by atoms with Crippen LogP contribution in [0.25, 0.3) is 0 Å². The molecule has 0 saturated heterocycles. The molecule has 2 rings (SSSR count). The molecule has 0 aromatic rings. The summed E-state index contributed by atoms with van der Waals surface area (Å²) in [5.74, 6) is 0.492. The molecule has 0 amide bonds. The van der Waals surface area contributed by atoms with E-state index in [9.17, 15) is 9.90 Å². The van der Waals surface area contributed by atoms with Crippen molar-refractivity contribution in [3.8, 4) is 0 Å². The maximum absolute atomic E-state index is 12.3. The number of aliphatic hydroxyl groups is 1. The minimum atomic E-state index is -0.501. The van der Waals surface area contributed by atoms with Crippen LogP contribution in [0.2, 0.25) is 0 Å². The second-order valence-electron chi connectivity index (χ2n) is 6.91. The molecule has 3 nitrogen and oxygen atoms in total. The predicted octanol–water partition coefficient (Wildman–Crippen LogP) is 2.91. The lowest BCUT2D eigenvalue weighted by Crippen LogP contribution is -2.46. The molecule has 2 fully saturated rings. The van der Waals surface area contributed by atoms with Gasteiger partial charge in [-0.05, 0) is 51.9 Å². The molecule has 2 saturated carbocycles. The number of ether oxygens (including phenoxy) is 1. The number of rotatable bonds is 1. The van der Waals surface area contributed by atoms with E-state index in [2.05, 4.69) is 0 Å². The second-order valence-corrected chi connectivity index (χ2v) is 6.91. The van der Waals surface area contributed by atoms with E-state index in [0.29, 0.717) is 11.8 Å². The van der Waals surface area contributed by atoms with Gasteiger partial charge in [-0.3, -0.25) is 4.79 Å². The van der Waals surface area contributed by atoms with Gasteiger partial charge in [-0.1, -0.05) is 19.3 Å². The lowest BCUT2D eigenvalue weighted by molar-refractivity contribution is -0.172. The van der Waals surface area contributed by atoms with Crippen LogP contribution in [-0.2, 0) is 9.53 Å². The Morgan fingerprint density at radius 2 is 1.78 bits per heavy atom. The molecule has 0 aromatic heterocycles. The number of esters is 1. The number of carbonyl (C=O) groups is 1. The lowest BCUT2D eigenvalue weighted by atomic mass is 9.64. The normalized spacial score (nSPS) is 36.9. The molecule has 18 heavy (non-hydrogen) atoms. The zero-order chi connectivity index (χ0) is 13.3. The second kappa shape index (κ2) is 5.20. The fourth-order valence-corrected chi connectivity index (χ4v) is 3.62. The van der Waals surface area contributed by atoms with Crippen molar-refractivity contribution in [2.75, 3.05) is 0 Å². The highest BCUT2D eigenvalue weighted by molar-refractivity contribution is 5.74. The zero-order valence-electron chi connectivity index (χ0n) is 11.8. The summed E-state index contributed by atoms with van der Waals surface area (Å²) in [5, 5.41) is 10.2. The van der Waals surface area contributed by atoms with Crippen LogP contribution < -0.4 is 0 Å². The molecule has 3 heteroatoms. The van der Waals surface area contributed by atoms with Gasteiger partial charge in [0.05, 0.1) is 12.0 Å². The average Bonchev–Trinajstić information content (AvgIpc) is 2.26. The molecule has 0 spiro atoms. The van der Waals surface area contributed by atoms with E-state index >= 15 is 0 Å². The van der Waals surface area contributed by atoms with E-state index in [0.717, 1.165) is 19.3 Å². The molecule has 2 aliphatic rings. The Morgan fingerprint density at radius 3 is 2.44 bits per heavy atom. The van der Waals surface area contributed by atoms with Gasteiger partial charge in [0.2, 0.25) is 0 Å². The largest absolute Gasteiger partial charge is 0.460 e. The SMILES string of the molecule is CC(C)(C)OC(=O)C1C(O)CCC2CCCCC21. The first-order chi connectivity index (χ1) is 8.38. The third kappa shape index (κ3) is 3.05. The Kier molecular flexibility index (Phi) is 4.00. The minimum absolute atomic E-state index is 0.188. The summed E-state index contributed by atoms with van der Waals surface area (Å²) in [6.07, 6.45) is 6.09. The quantitative estimate of drug-likeness (QED) is 0.732. The average molecular weight is 254 g/mol. The van der Waals surface area contributed by atoms with Crippen LogP contribution in [0, 0.1) is 17.8 Å². The number of hydrogen-bond acceptors (Lipinski definition) is 3. The summed E-state index contributed by atoms with van der Waals surface area (Å²) in [4.78, 5) is 12.3. The first-order valence-electron chi connectivity index (χ1n) is 7.29. The Labute approximate surface area is 110 Å². The number of fused-ring (bicyclic) bond motifs is 1. The van der Waals surface area contributed by atoms with Crippen molar-refractivity contribution in [1.82, 2.24) is 0 Å². The molecule has 104 valence electrons. The van der Waals surface area contributed by atoms with Gasteiger partial charge in [0.25, 0.3) is 0 Å². The Morgan fingerprint density at radius 1 is 1.11 bits per heavy atom. The van der Waals surface area contributed by atoms with Gasteiger partial charge < -0.3 is 9.84 Å². The van der Waals surface area contributed by atoms with E-state index in [1.165, 1.54) is 19.3 Å². The summed E-state index contributed by atoms with van der Waals surface area (Å²) in [5.41, 5.74) is -0.460. The van der Waals surface area contributed by atoms with Gasteiger partial charge in [0.15, 0.2) is 0 Å². The van der Waals surface area contributed by atoms with E-state index < -0.39 is 11.7 Å². The summed E-state index contributed by atoms with van der Waals surface area (Å²) in [6, 6.07) is 0. The third-order valence-corrected chi connectivity index (χ3v) is 4.36. The van der Waals surface area contributed by atoms with Crippen LogP contribution in [0.1, 0.15) is 59.3 Å². The van der Waals surface area contributed by atoms with Crippen LogP contribution >= 0.6 is 0 Å². The summed E-state index contributed by atoms with van der Waals surface area (Å²) in [7, 11) is 0. The smallest absolute Gasteiger partial charge is 0.312 e. The van der Waals surface area contributed by atoms with E-state index in [-0.39, 0.29) is 11.9 Å². The predicted molar refractivity (Wildman–Crippen MR) is 70.0 cm³/mol. The van der Waals surface area contributed by atoms with Crippen molar-refractivity contribution in [3.63, 3.8) is 0 Å². The maximum Gasteiger partial charge on any atom is 0.312 e. The van der Waals surface area contributed by atoms with Crippen molar-refractivity contribution in [1.29, 1.82) is 0 Å². The van der Waals surface area contributed by atoms with Gasteiger partial charge in [0, 0.05) is 0 Å². The van der Waals surface area contributed by atoms with Crippen LogP contribution in [0.5, 0.6) is 0 Å². The highest BCUT2D eigenvalue weighted by atomic mass is 16.6. The first-order valence-corrected chi connectivity index (χ1v) is 7.29. The molecular weight excluding hydrogens is 228 g/mol. The molecule has 0 radical (unpaired) electrons. The number of hydrogen-bond donors (Lipinski definition) is 1. The molecule has 0 aromatic carbocycles. The van der Waals surface area contributed by atoms with E-state index in [1.54, 1.807) is 0 Å². The minimum Gasteiger partial charge on any atom is -0.460 e. The van der Waals surface area contributed by atoms with Crippen molar-refractivity contribution in [3.05, 3.63) is 0 Å². The van der Waals surface area contributed by atoms with Gasteiger partial charge in [-0.2, -0.15) is 0 Å². The topological polar surface area (TPSA) is 46.5 Å². The molecule has 2 aliphatic carbocycles. The molecule has 4 unspecified atom stereocenters. The highest BCUT2D eigenvalue weighted by Gasteiger charge is 2.45. The zero-order valence-corrected chi connectivity index (χ0v) is 11.8. The fourth-order valence-electron chi connectivity index (χ4n) is 3.62. The summed E-state index contributed by atoms with van der Waals surface area (Å²) in [6.45, 7) is 5.66. The van der Waals surface area contributed by atoms with E-state index in [4.69, 9.17) is 4.74 Å². The molecule has 0 heterocycles. The van der Waals surface area contributed by atoms with Crippen LogP contribution in [0.4, 0.5) is 0 Å². The fraction of sp³-hybridized carbons (Fsp3) is 0.933. The Bertz CT molecular complexity index is 305. The molecule has 4 atom stereocenters. The van der Waals surface area contributed by atoms with Crippen LogP contribution in [0.3, 0.4) is 0 Å². The van der Waals surface area contributed by atoms with Crippen molar-refractivity contribution < 1.29 is 14.6 Å². The number of carbonyl (C=O) groups excluding carboxylic acids is 1.